The van der Waals surface area contributed by atoms with Crippen LogP contribution in [-0.4, -0.2) is 21.3 Å². The molecule has 0 fully saturated rings. The number of carboxylic acid groups (broad SMARTS) is 1. The maximum Gasteiger partial charge on any atom is 0.335 e. The van der Waals surface area contributed by atoms with Crippen LogP contribution in [0.3, 0.4) is 0 Å². The molecule has 5 nitrogen and oxygen atoms in total. The molecule has 3 N–H and O–H groups in total. The van der Waals surface area contributed by atoms with Crippen LogP contribution in [0.4, 0.5) is 5.82 Å². The van der Waals surface area contributed by atoms with Gasteiger partial charge in [-0.3, -0.25) is 5.10 Å². The van der Waals surface area contributed by atoms with E-state index < -0.39 is 5.97 Å². The average molecular weight is 279 g/mol. The molecule has 21 heavy (non-hydrogen) atoms. The molecule has 0 bridgehead atoms. The van der Waals surface area contributed by atoms with Crippen LogP contribution in [0, 0.1) is 0 Å². The maximum absolute atomic E-state index is 11.1. The van der Waals surface area contributed by atoms with Crippen molar-refractivity contribution in [2.45, 2.75) is 0 Å². The Morgan fingerprint density at radius 1 is 1.14 bits per heavy atom. The second-order valence-corrected chi connectivity index (χ2v) is 4.61. The van der Waals surface area contributed by atoms with Crippen LogP contribution in [0.25, 0.3) is 16.6 Å². The average Bonchev–Trinajstić information content (AvgIpc) is 2.90. The number of aromatic carboxylic acids is 1. The van der Waals surface area contributed by atoms with Crippen molar-refractivity contribution in [3.8, 4) is 0 Å². The third kappa shape index (κ3) is 2.49. The molecule has 2 aromatic carbocycles. The number of benzene rings is 2. The van der Waals surface area contributed by atoms with Crippen molar-refractivity contribution in [1.82, 2.24) is 10.2 Å². The van der Waals surface area contributed by atoms with E-state index in [1.54, 1.807) is 18.2 Å². The molecule has 1 heterocycles. The molecule has 0 spiro atoms. The number of aromatic nitrogens is 2. The SMILES string of the molecule is C=C(Nc1n[nH]c2ccc(C(=O)O)cc12)c1ccccc1. The quantitative estimate of drug-likeness (QED) is 0.684. The zero-order valence-electron chi connectivity index (χ0n) is 11.1. The number of carboxylic acids is 1. The molecular weight excluding hydrogens is 266 g/mol. The van der Waals surface area contributed by atoms with E-state index in [4.69, 9.17) is 5.11 Å². The van der Waals surface area contributed by atoms with Crippen molar-refractivity contribution in [1.29, 1.82) is 0 Å². The van der Waals surface area contributed by atoms with Crippen LogP contribution < -0.4 is 5.32 Å². The monoisotopic (exact) mass is 279 g/mol. The summed E-state index contributed by atoms with van der Waals surface area (Å²) < 4.78 is 0. The summed E-state index contributed by atoms with van der Waals surface area (Å²) in [6.45, 7) is 3.98. The Bertz CT molecular complexity index is 822. The second kappa shape index (κ2) is 5.13. The molecule has 3 rings (SSSR count). The summed E-state index contributed by atoms with van der Waals surface area (Å²) in [7, 11) is 0. The summed E-state index contributed by atoms with van der Waals surface area (Å²) >= 11 is 0. The molecule has 0 aliphatic carbocycles. The Hall–Kier alpha value is -3.08. The van der Waals surface area contributed by atoms with Crippen LogP contribution in [-0.2, 0) is 0 Å². The summed E-state index contributed by atoms with van der Waals surface area (Å²) in [6.07, 6.45) is 0. The number of anilines is 1. The molecule has 0 aliphatic rings. The first-order valence-corrected chi connectivity index (χ1v) is 6.38. The number of fused-ring (bicyclic) bond motifs is 1. The number of carbonyl (C=O) groups is 1. The number of aromatic amines is 1. The summed E-state index contributed by atoms with van der Waals surface area (Å²) in [6, 6.07) is 14.5. The zero-order valence-corrected chi connectivity index (χ0v) is 11.1. The fourth-order valence-electron chi connectivity index (χ4n) is 2.10. The first-order valence-electron chi connectivity index (χ1n) is 6.38. The Morgan fingerprint density at radius 2 is 1.90 bits per heavy atom. The molecule has 3 aromatic rings. The minimum absolute atomic E-state index is 0.220. The highest BCUT2D eigenvalue weighted by atomic mass is 16.4. The van der Waals surface area contributed by atoms with Gasteiger partial charge in [0.15, 0.2) is 5.82 Å². The fourth-order valence-corrected chi connectivity index (χ4v) is 2.10. The van der Waals surface area contributed by atoms with Gasteiger partial charge in [0.05, 0.1) is 11.1 Å². The standard InChI is InChI=1S/C16H13N3O2/c1-10(11-5-3-2-4-6-11)17-15-13-9-12(16(20)21)7-8-14(13)18-19-15/h2-9H,1H2,(H,20,21)(H2,17,18,19). The minimum atomic E-state index is -0.967. The smallest absolute Gasteiger partial charge is 0.335 e. The number of nitrogens with zero attached hydrogens (tertiary/aromatic N) is 1. The number of rotatable bonds is 4. The Labute approximate surface area is 120 Å². The second-order valence-electron chi connectivity index (χ2n) is 4.61. The lowest BCUT2D eigenvalue weighted by Gasteiger charge is -2.07. The van der Waals surface area contributed by atoms with Gasteiger partial charge in [0, 0.05) is 11.1 Å². The minimum Gasteiger partial charge on any atom is -0.478 e. The number of hydrogen-bond acceptors (Lipinski definition) is 3. The molecule has 0 radical (unpaired) electrons. The largest absolute Gasteiger partial charge is 0.478 e. The lowest BCUT2D eigenvalue weighted by atomic mass is 10.1. The predicted molar refractivity (Wildman–Crippen MR) is 82.2 cm³/mol. The van der Waals surface area contributed by atoms with Gasteiger partial charge in [-0.15, -0.1) is 0 Å². The normalized spacial score (nSPS) is 10.5. The van der Waals surface area contributed by atoms with Gasteiger partial charge in [-0.1, -0.05) is 36.9 Å². The molecule has 0 atom stereocenters. The molecular formula is C16H13N3O2. The maximum atomic E-state index is 11.1. The van der Waals surface area contributed by atoms with E-state index in [1.807, 2.05) is 30.3 Å². The van der Waals surface area contributed by atoms with E-state index in [0.717, 1.165) is 11.1 Å². The highest BCUT2D eigenvalue weighted by Crippen LogP contribution is 2.24. The predicted octanol–water partition coefficient (Wildman–Crippen LogP) is 3.34. The van der Waals surface area contributed by atoms with Crippen molar-refractivity contribution in [2.75, 3.05) is 5.32 Å². The van der Waals surface area contributed by atoms with Crippen LogP contribution in [0.1, 0.15) is 15.9 Å². The lowest BCUT2D eigenvalue weighted by molar-refractivity contribution is 0.0697. The molecule has 0 saturated heterocycles. The molecule has 0 unspecified atom stereocenters. The molecule has 5 heteroatoms. The van der Waals surface area contributed by atoms with Gasteiger partial charge in [-0.05, 0) is 23.8 Å². The first-order chi connectivity index (χ1) is 10.1. The van der Waals surface area contributed by atoms with Crippen LogP contribution in [0.5, 0.6) is 0 Å². The highest BCUT2D eigenvalue weighted by Gasteiger charge is 2.10. The number of H-pyrrole nitrogens is 1. The molecule has 104 valence electrons. The van der Waals surface area contributed by atoms with E-state index in [1.165, 1.54) is 0 Å². The summed E-state index contributed by atoms with van der Waals surface area (Å²) in [4.78, 5) is 11.1. The van der Waals surface area contributed by atoms with Crippen LogP contribution >= 0.6 is 0 Å². The van der Waals surface area contributed by atoms with Crippen LogP contribution in [0.15, 0.2) is 55.1 Å². The third-order valence-corrected chi connectivity index (χ3v) is 3.20. The van der Waals surface area contributed by atoms with Crippen LogP contribution in [0.2, 0.25) is 0 Å². The van der Waals surface area contributed by atoms with Gasteiger partial charge in [-0.2, -0.15) is 5.10 Å². The van der Waals surface area contributed by atoms with E-state index >= 15 is 0 Å². The van der Waals surface area contributed by atoms with Gasteiger partial charge < -0.3 is 10.4 Å². The molecule has 1 aromatic heterocycles. The fraction of sp³-hybridized carbons (Fsp3) is 0. The van der Waals surface area contributed by atoms with Gasteiger partial charge in [0.25, 0.3) is 0 Å². The highest BCUT2D eigenvalue weighted by molar-refractivity contribution is 5.99. The van der Waals surface area contributed by atoms with E-state index in [0.29, 0.717) is 16.9 Å². The van der Waals surface area contributed by atoms with Crippen molar-refractivity contribution < 1.29 is 9.90 Å². The van der Waals surface area contributed by atoms with Gasteiger partial charge in [0.1, 0.15) is 0 Å². The van der Waals surface area contributed by atoms with E-state index in [2.05, 4.69) is 22.1 Å². The van der Waals surface area contributed by atoms with E-state index in [-0.39, 0.29) is 5.56 Å². The molecule has 0 aliphatic heterocycles. The topological polar surface area (TPSA) is 78.0 Å². The van der Waals surface area contributed by atoms with Crippen molar-refractivity contribution >= 4 is 28.4 Å². The van der Waals surface area contributed by atoms with Gasteiger partial charge >= 0.3 is 5.97 Å². The third-order valence-electron chi connectivity index (χ3n) is 3.20. The summed E-state index contributed by atoms with van der Waals surface area (Å²) in [5, 5.41) is 19.9. The Balaban J connectivity index is 1.95. The molecule has 0 saturated carbocycles. The Morgan fingerprint density at radius 3 is 2.62 bits per heavy atom. The summed E-state index contributed by atoms with van der Waals surface area (Å²) in [5.41, 5.74) is 2.63. The first kappa shape index (κ1) is 12.9. The van der Waals surface area contributed by atoms with E-state index in [9.17, 15) is 4.79 Å². The van der Waals surface area contributed by atoms with Gasteiger partial charge in [0.2, 0.25) is 0 Å². The van der Waals surface area contributed by atoms with Gasteiger partial charge in [-0.25, -0.2) is 4.79 Å². The lowest BCUT2D eigenvalue weighted by Crippen LogP contribution is -1.99. The summed E-state index contributed by atoms with van der Waals surface area (Å²) in [5.74, 6) is -0.409. The van der Waals surface area contributed by atoms with Crippen molar-refractivity contribution in [3.63, 3.8) is 0 Å². The number of nitrogens with one attached hydrogen (secondary N) is 2. The Kier molecular flexibility index (Phi) is 3.16. The van der Waals surface area contributed by atoms with Crippen molar-refractivity contribution in [2.24, 2.45) is 0 Å². The van der Waals surface area contributed by atoms with Crippen molar-refractivity contribution in [3.05, 3.63) is 66.2 Å². The number of hydrogen-bond donors (Lipinski definition) is 3. The molecule has 0 amide bonds. The zero-order chi connectivity index (χ0) is 14.8.